The van der Waals surface area contributed by atoms with Gasteiger partial charge in [0.15, 0.2) is 0 Å². The topological polar surface area (TPSA) is 42.4 Å². The fourth-order valence-electron chi connectivity index (χ4n) is 2.55. The lowest BCUT2D eigenvalue weighted by molar-refractivity contribution is 0.172. The highest BCUT2D eigenvalue weighted by Gasteiger charge is 2.20. The van der Waals surface area contributed by atoms with Gasteiger partial charge in [-0.15, -0.1) is 0 Å². The molecule has 20 heavy (non-hydrogen) atoms. The Morgan fingerprint density at radius 2 is 2.25 bits per heavy atom. The van der Waals surface area contributed by atoms with Crippen LogP contribution in [0.25, 0.3) is 0 Å². The number of aryl methyl sites for hydroxylation is 1. The summed E-state index contributed by atoms with van der Waals surface area (Å²) >= 11 is 6.13. The predicted octanol–water partition coefficient (Wildman–Crippen LogP) is 3.25. The number of aliphatic hydroxyl groups is 1. The van der Waals surface area contributed by atoms with Crippen LogP contribution in [0, 0.1) is 6.92 Å². The maximum atomic E-state index is 10.4. The Morgan fingerprint density at radius 1 is 1.40 bits per heavy atom. The van der Waals surface area contributed by atoms with Gasteiger partial charge in [0.1, 0.15) is 11.9 Å². The summed E-state index contributed by atoms with van der Waals surface area (Å²) in [6.07, 6.45) is 2.40. The number of hydrogen-bond acceptors (Lipinski definition) is 3. The van der Waals surface area contributed by atoms with E-state index in [4.69, 9.17) is 16.3 Å². The third kappa shape index (κ3) is 2.65. The second-order valence-corrected chi connectivity index (χ2v) is 5.57. The molecule has 1 atom stereocenters. The van der Waals surface area contributed by atoms with Gasteiger partial charge in [0.25, 0.3) is 0 Å². The van der Waals surface area contributed by atoms with Crippen LogP contribution in [-0.2, 0) is 12.8 Å². The molecule has 1 aromatic heterocycles. The van der Waals surface area contributed by atoms with Gasteiger partial charge in [-0.25, -0.2) is 0 Å². The fraction of sp³-hybridized carbons (Fsp3) is 0.312. The van der Waals surface area contributed by atoms with E-state index in [-0.39, 0.29) is 0 Å². The molecule has 104 valence electrons. The second-order valence-electron chi connectivity index (χ2n) is 5.13. The molecule has 0 spiro atoms. The van der Waals surface area contributed by atoms with Crippen LogP contribution in [0.1, 0.15) is 28.5 Å². The van der Waals surface area contributed by atoms with Gasteiger partial charge in [-0.2, -0.15) is 0 Å². The third-order valence-electron chi connectivity index (χ3n) is 3.52. The minimum atomic E-state index is -0.651. The van der Waals surface area contributed by atoms with Crippen molar-refractivity contribution in [2.45, 2.75) is 25.9 Å². The van der Waals surface area contributed by atoms with Crippen molar-refractivity contribution in [1.29, 1.82) is 0 Å². The molecule has 0 fully saturated rings. The van der Waals surface area contributed by atoms with Crippen molar-refractivity contribution in [3.63, 3.8) is 0 Å². The molecular weight excluding hydrogens is 274 g/mol. The van der Waals surface area contributed by atoms with Crippen molar-refractivity contribution in [2.24, 2.45) is 0 Å². The monoisotopic (exact) mass is 289 g/mol. The zero-order valence-electron chi connectivity index (χ0n) is 11.3. The van der Waals surface area contributed by atoms with Gasteiger partial charge in [0.2, 0.25) is 0 Å². The lowest BCUT2D eigenvalue weighted by Gasteiger charge is -2.14. The number of halogens is 1. The minimum absolute atomic E-state index is 0.458. The number of pyridine rings is 1. The Hall–Kier alpha value is -1.58. The summed E-state index contributed by atoms with van der Waals surface area (Å²) in [5, 5.41) is 11.0. The first kappa shape index (κ1) is 13.4. The van der Waals surface area contributed by atoms with Gasteiger partial charge in [0.05, 0.1) is 12.3 Å². The molecule has 1 aromatic carbocycles. The minimum Gasteiger partial charge on any atom is -0.493 e. The van der Waals surface area contributed by atoms with Crippen molar-refractivity contribution in [3.05, 3.63) is 57.9 Å². The van der Waals surface area contributed by atoms with Crippen LogP contribution in [0.2, 0.25) is 5.02 Å². The number of nitrogens with zero attached hydrogens (tertiary/aromatic N) is 1. The molecule has 1 aliphatic rings. The lowest BCUT2D eigenvalue weighted by Crippen LogP contribution is -2.05. The third-order valence-corrected chi connectivity index (χ3v) is 3.73. The first-order valence-electron chi connectivity index (χ1n) is 6.68. The Balaban J connectivity index is 1.88. The summed E-state index contributed by atoms with van der Waals surface area (Å²) in [7, 11) is 0. The summed E-state index contributed by atoms with van der Waals surface area (Å²) in [6.45, 7) is 2.67. The molecule has 2 heterocycles. The summed E-state index contributed by atoms with van der Waals surface area (Å²) in [6, 6.07) is 7.61. The Kier molecular flexibility index (Phi) is 3.64. The van der Waals surface area contributed by atoms with E-state index in [1.165, 1.54) is 0 Å². The number of fused-ring (bicyclic) bond motifs is 1. The first-order valence-corrected chi connectivity index (χ1v) is 7.06. The van der Waals surface area contributed by atoms with E-state index in [2.05, 4.69) is 4.98 Å². The van der Waals surface area contributed by atoms with Crippen molar-refractivity contribution in [3.8, 4) is 5.75 Å². The SMILES string of the molecule is Cc1ccnc(C(O)Cc2cc(Cl)cc3c2OCC3)c1. The van der Waals surface area contributed by atoms with Crippen LogP contribution >= 0.6 is 11.6 Å². The summed E-state index contributed by atoms with van der Waals surface area (Å²) in [5.74, 6) is 0.876. The number of aliphatic hydroxyl groups excluding tert-OH is 1. The largest absolute Gasteiger partial charge is 0.493 e. The van der Waals surface area contributed by atoms with Gasteiger partial charge in [0, 0.05) is 24.1 Å². The van der Waals surface area contributed by atoms with Crippen molar-refractivity contribution < 1.29 is 9.84 Å². The normalized spacial score (nSPS) is 14.8. The molecule has 1 unspecified atom stereocenters. The predicted molar refractivity (Wildman–Crippen MR) is 78.3 cm³/mol. The van der Waals surface area contributed by atoms with Crippen molar-refractivity contribution >= 4 is 11.6 Å². The highest BCUT2D eigenvalue weighted by molar-refractivity contribution is 6.30. The summed E-state index contributed by atoms with van der Waals surface area (Å²) in [5.41, 5.74) is 3.83. The fourth-order valence-corrected chi connectivity index (χ4v) is 2.82. The van der Waals surface area contributed by atoms with Crippen LogP contribution in [0.4, 0.5) is 0 Å². The number of hydrogen-bond donors (Lipinski definition) is 1. The number of ether oxygens (including phenoxy) is 1. The van der Waals surface area contributed by atoms with E-state index in [1.807, 2.05) is 31.2 Å². The maximum absolute atomic E-state index is 10.4. The van der Waals surface area contributed by atoms with E-state index in [0.29, 0.717) is 23.7 Å². The van der Waals surface area contributed by atoms with Gasteiger partial charge >= 0.3 is 0 Å². The number of benzene rings is 1. The molecule has 0 radical (unpaired) electrons. The van der Waals surface area contributed by atoms with E-state index >= 15 is 0 Å². The van der Waals surface area contributed by atoms with Crippen LogP contribution in [0.3, 0.4) is 0 Å². The Labute approximate surface area is 123 Å². The summed E-state index contributed by atoms with van der Waals surface area (Å²) in [4.78, 5) is 4.23. The molecular formula is C16H16ClNO2. The highest BCUT2D eigenvalue weighted by Crippen LogP contribution is 2.35. The van der Waals surface area contributed by atoms with Gasteiger partial charge in [-0.3, -0.25) is 4.98 Å². The molecule has 3 nitrogen and oxygen atoms in total. The molecule has 1 aliphatic heterocycles. The molecule has 3 rings (SSSR count). The van der Waals surface area contributed by atoms with Crippen molar-refractivity contribution in [1.82, 2.24) is 4.98 Å². The van der Waals surface area contributed by atoms with Crippen LogP contribution in [0.15, 0.2) is 30.5 Å². The molecule has 0 aliphatic carbocycles. The average Bonchev–Trinajstić information content (AvgIpc) is 2.86. The van der Waals surface area contributed by atoms with E-state index in [9.17, 15) is 5.11 Å². The molecule has 1 N–H and O–H groups in total. The van der Waals surface area contributed by atoms with Crippen molar-refractivity contribution in [2.75, 3.05) is 6.61 Å². The number of aromatic nitrogens is 1. The molecule has 0 saturated carbocycles. The maximum Gasteiger partial charge on any atom is 0.126 e. The zero-order chi connectivity index (χ0) is 14.1. The zero-order valence-corrected chi connectivity index (χ0v) is 12.0. The molecule has 0 bridgehead atoms. The standard InChI is InChI=1S/C16H16ClNO2/c1-10-2-4-18-14(6-10)15(19)9-12-8-13(17)7-11-3-5-20-16(11)12/h2,4,6-8,15,19H,3,5,9H2,1H3. The highest BCUT2D eigenvalue weighted by atomic mass is 35.5. The van der Waals surface area contributed by atoms with Crippen LogP contribution in [-0.4, -0.2) is 16.7 Å². The quantitative estimate of drug-likeness (QED) is 0.943. The molecule has 0 saturated heterocycles. The first-order chi connectivity index (χ1) is 9.63. The van der Waals surface area contributed by atoms with Gasteiger partial charge < -0.3 is 9.84 Å². The molecule has 2 aromatic rings. The van der Waals surface area contributed by atoms with Gasteiger partial charge in [-0.05, 0) is 47.9 Å². The Bertz CT molecular complexity index is 642. The molecule has 4 heteroatoms. The summed E-state index contributed by atoms with van der Waals surface area (Å²) < 4.78 is 5.65. The van der Waals surface area contributed by atoms with E-state index < -0.39 is 6.10 Å². The van der Waals surface area contributed by atoms with Crippen LogP contribution in [0.5, 0.6) is 5.75 Å². The average molecular weight is 290 g/mol. The van der Waals surface area contributed by atoms with Gasteiger partial charge in [-0.1, -0.05) is 11.6 Å². The molecule has 0 amide bonds. The second kappa shape index (κ2) is 5.43. The van der Waals surface area contributed by atoms with Crippen LogP contribution < -0.4 is 4.74 Å². The lowest BCUT2D eigenvalue weighted by atomic mass is 10.0. The van der Waals surface area contributed by atoms with E-state index in [1.54, 1.807) is 6.20 Å². The number of rotatable bonds is 3. The van der Waals surface area contributed by atoms with E-state index in [0.717, 1.165) is 28.9 Å². The smallest absolute Gasteiger partial charge is 0.126 e. The Morgan fingerprint density at radius 3 is 3.05 bits per heavy atom.